The Bertz CT molecular complexity index is 739. The molecule has 3 N–H and O–H groups in total. The molecular formula is C20H27N5O3. The number of amides is 2. The number of nitrogens with one attached hydrogen (secondary N) is 1. The van der Waals surface area contributed by atoms with E-state index in [2.05, 4.69) is 15.3 Å². The van der Waals surface area contributed by atoms with Crippen molar-refractivity contribution < 1.29 is 14.3 Å². The highest BCUT2D eigenvalue weighted by Crippen LogP contribution is 2.25. The lowest BCUT2D eigenvalue weighted by Gasteiger charge is -2.35. The number of ether oxygens (including phenoxy) is 1. The molecule has 28 heavy (non-hydrogen) atoms. The van der Waals surface area contributed by atoms with Crippen LogP contribution in [0.4, 0.5) is 5.69 Å². The number of hydrogen-bond donors (Lipinski definition) is 2. The molecule has 0 aliphatic carbocycles. The zero-order valence-electron chi connectivity index (χ0n) is 15.9. The Morgan fingerprint density at radius 1 is 1.14 bits per heavy atom. The van der Waals surface area contributed by atoms with Crippen molar-refractivity contribution in [3.05, 3.63) is 30.3 Å². The summed E-state index contributed by atoms with van der Waals surface area (Å²) in [6, 6.07) is 9.34. The Morgan fingerprint density at radius 3 is 2.54 bits per heavy atom. The van der Waals surface area contributed by atoms with E-state index in [0.717, 1.165) is 51.3 Å². The van der Waals surface area contributed by atoms with Gasteiger partial charge in [-0.1, -0.05) is 18.2 Å². The van der Waals surface area contributed by atoms with E-state index in [1.807, 2.05) is 30.3 Å². The molecule has 2 amide bonds. The van der Waals surface area contributed by atoms with Crippen LogP contribution in [0, 0.1) is 0 Å². The second-order valence-corrected chi connectivity index (χ2v) is 7.65. The molecule has 0 aromatic heterocycles. The molecule has 0 radical (unpaired) electrons. The number of nitrogens with zero attached hydrogens (tertiary/aromatic N) is 3. The lowest BCUT2D eigenvalue weighted by molar-refractivity contribution is -0.119. The molecule has 2 atom stereocenters. The number of benzene rings is 1. The van der Waals surface area contributed by atoms with Crippen LogP contribution < -0.4 is 16.1 Å². The molecule has 1 aromatic carbocycles. The highest BCUT2D eigenvalue weighted by molar-refractivity contribution is 6.40. The molecule has 3 heterocycles. The van der Waals surface area contributed by atoms with Gasteiger partial charge in [-0.15, -0.1) is 0 Å². The molecular weight excluding hydrogens is 358 g/mol. The van der Waals surface area contributed by atoms with Gasteiger partial charge in [0.05, 0.1) is 12.3 Å². The molecule has 2 fully saturated rings. The predicted molar refractivity (Wildman–Crippen MR) is 106 cm³/mol. The van der Waals surface area contributed by atoms with Crippen molar-refractivity contribution in [2.75, 3.05) is 31.3 Å². The highest BCUT2D eigenvalue weighted by Gasteiger charge is 2.36. The third kappa shape index (κ3) is 4.02. The number of anilines is 1. The Kier molecular flexibility index (Phi) is 5.59. The molecule has 150 valence electrons. The van der Waals surface area contributed by atoms with E-state index in [-0.39, 0.29) is 18.4 Å². The Labute approximate surface area is 164 Å². The van der Waals surface area contributed by atoms with Gasteiger partial charge < -0.3 is 15.8 Å². The van der Waals surface area contributed by atoms with Crippen molar-refractivity contribution in [1.29, 1.82) is 0 Å². The highest BCUT2D eigenvalue weighted by atomic mass is 16.5. The summed E-state index contributed by atoms with van der Waals surface area (Å²) >= 11 is 0. The quantitative estimate of drug-likeness (QED) is 0.768. The number of nitrogens with two attached hydrogens (primary N) is 1. The van der Waals surface area contributed by atoms with Crippen LogP contribution in [0.1, 0.15) is 25.7 Å². The van der Waals surface area contributed by atoms with Gasteiger partial charge >= 0.3 is 0 Å². The minimum atomic E-state index is -0.632. The topological polar surface area (TPSA) is 100 Å². The first-order chi connectivity index (χ1) is 13.6. The van der Waals surface area contributed by atoms with Crippen LogP contribution in [0.15, 0.2) is 35.4 Å². The minimum absolute atomic E-state index is 0.131. The second-order valence-electron chi connectivity index (χ2n) is 7.65. The SMILES string of the molecule is NC(=O)[C@@H]1CC(C(=O)NC2CCN([C@H]3CCOC3)CC2)=NN1c1ccccc1. The third-order valence-electron chi connectivity index (χ3n) is 5.81. The zero-order valence-corrected chi connectivity index (χ0v) is 15.9. The van der Waals surface area contributed by atoms with E-state index >= 15 is 0 Å². The molecule has 8 heteroatoms. The number of carbonyl (C=O) groups excluding carboxylic acids is 2. The lowest BCUT2D eigenvalue weighted by atomic mass is 10.0. The van der Waals surface area contributed by atoms with E-state index in [1.54, 1.807) is 5.01 Å². The Balaban J connectivity index is 1.36. The van der Waals surface area contributed by atoms with E-state index in [1.165, 1.54) is 0 Å². The summed E-state index contributed by atoms with van der Waals surface area (Å²) in [5.74, 6) is -0.685. The fourth-order valence-corrected chi connectivity index (χ4v) is 4.18. The van der Waals surface area contributed by atoms with Crippen LogP contribution in [0.2, 0.25) is 0 Å². The second kappa shape index (κ2) is 8.28. The molecule has 4 rings (SSSR count). The summed E-state index contributed by atoms with van der Waals surface area (Å²) in [6.07, 6.45) is 3.15. The fourth-order valence-electron chi connectivity index (χ4n) is 4.18. The molecule has 0 saturated carbocycles. The number of para-hydroxylation sites is 1. The van der Waals surface area contributed by atoms with Crippen LogP contribution in [0.3, 0.4) is 0 Å². The van der Waals surface area contributed by atoms with Crippen molar-refractivity contribution in [3.8, 4) is 0 Å². The maximum absolute atomic E-state index is 12.7. The predicted octanol–water partition coefficient (Wildman–Crippen LogP) is 0.476. The molecule has 0 spiro atoms. The summed E-state index contributed by atoms with van der Waals surface area (Å²) in [7, 11) is 0. The Morgan fingerprint density at radius 2 is 1.89 bits per heavy atom. The Hall–Kier alpha value is -2.45. The fraction of sp³-hybridized carbons (Fsp3) is 0.550. The molecule has 3 aliphatic rings. The van der Waals surface area contributed by atoms with Gasteiger partial charge in [-0.25, -0.2) is 0 Å². The number of hydrazone groups is 1. The molecule has 3 aliphatic heterocycles. The van der Waals surface area contributed by atoms with Crippen LogP contribution in [0.25, 0.3) is 0 Å². The van der Waals surface area contributed by atoms with Crippen molar-refractivity contribution in [1.82, 2.24) is 10.2 Å². The van der Waals surface area contributed by atoms with Gasteiger partial charge in [0.15, 0.2) is 0 Å². The smallest absolute Gasteiger partial charge is 0.267 e. The first kappa shape index (κ1) is 18.9. The summed E-state index contributed by atoms with van der Waals surface area (Å²) in [4.78, 5) is 27.1. The van der Waals surface area contributed by atoms with Gasteiger partial charge in [-0.3, -0.25) is 19.5 Å². The number of rotatable bonds is 5. The maximum Gasteiger partial charge on any atom is 0.267 e. The van der Waals surface area contributed by atoms with Crippen LogP contribution >= 0.6 is 0 Å². The number of carbonyl (C=O) groups is 2. The van der Waals surface area contributed by atoms with E-state index in [4.69, 9.17) is 10.5 Å². The van der Waals surface area contributed by atoms with Gasteiger partial charge in [-0.2, -0.15) is 5.10 Å². The first-order valence-corrected chi connectivity index (χ1v) is 9.95. The summed E-state index contributed by atoms with van der Waals surface area (Å²) < 4.78 is 5.48. The monoisotopic (exact) mass is 385 g/mol. The summed E-state index contributed by atoms with van der Waals surface area (Å²) in [5.41, 5.74) is 6.66. The molecule has 0 unspecified atom stereocenters. The van der Waals surface area contributed by atoms with Gasteiger partial charge in [-0.05, 0) is 31.4 Å². The van der Waals surface area contributed by atoms with Crippen LogP contribution in [-0.4, -0.2) is 66.9 Å². The first-order valence-electron chi connectivity index (χ1n) is 9.95. The number of hydrogen-bond acceptors (Lipinski definition) is 6. The van der Waals surface area contributed by atoms with Gasteiger partial charge in [0.2, 0.25) is 5.91 Å². The van der Waals surface area contributed by atoms with Crippen molar-refractivity contribution in [3.63, 3.8) is 0 Å². The third-order valence-corrected chi connectivity index (χ3v) is 5.81. The maximum atomic E-state index is 12.7. The molecule has 1 aromatic rings. The number of piperidine rings is 1. The largest absolute Gasteiger partial charge is 0.380 e. The van der Waals surface area contributed by atoms with E-state index in [0.29, 0.717) is 11.8 Å². The van der Waals surface area contributed by atoms with Crippen molar-refractivity contribution in [2.24, 2.45) is 10.8 Å². The van der Waals surface area contributed by atoms with Crippen LogP contribution in [-0.2, 0) is 14.3 Å². The molecule has 8 nitrogen and oxygen atoms in total. The number of likely N-dealkylation sites (tertiary alicyclic amines) is 1. The summed E-state index contributed by atoms with van der Waals surface area (Å²) in [6.45, 7) is 3.59. The molecule has 2 saturated heterocycles. The average molecular weight is 385 g/mol. The van der Waals surface area contributed by atoms with Crippen molar-refractivity contribution in [2.45, 2.75) is 43.8 Å². The standard InChI is InChI=1S/C20H27N5O3/c21-19(26)18-12-17(23-25(18)15-4-2-1-3-5-15)20(27)22-14-6-9-24(10-7-14)16-8-11-28-13-16/h1-5,14,16,18H,6-13H2,(H2,21,26)(H,22,27)/t16-,18-/m0/s1. The van der Waals surface area contributed by atoms with Gasteiger partial charge in [0.1, 0.15) is 11.8 Å². The normalized spacial score (nSPS) is 26.3. The van der Waals surface area contributed by atoms with Crippen molar-refractivity contribution >= 4 is 23.2 Å². The van der Waals surface area contributed by atoms with Crippen LogP contribution in [0.5, 0.6) is 0 Å². The lowest BCUT2D eigenvalue weighted by Crippen LogP contribution is -2.49. The van der Waals surface area contributed by atoms with Gasteiger partial charge in [0, 0.05) is 38.2 Å². The van der Waals surface area contributed by atoms with Gasteiger partial charge in [0.25, 0.3) is 5.91 Å². The zero-order chi connectivity index (χ0) is 19.5. The molecule has 0 bridgehead atoms. The van der Waals surface area contributed by atoms with E-state index in [9.17, 15) is 9.59 Å². The summed E-state index contributed by atoms with van der Waals surface area (Å²) in [5, 5.41) is 9.07. The minimum Gasteiger partial charge on any atom is -0.380 e. The number of primary amides is 1. The average Bonchev–Trinajstić information content (AvgIpc) is 3.39. The van der Waals surface area contributed by atoms with E-state index < -0.39 is 11.9 Å².